The minimum Gasteiger partial charge on any atom is -0.439 e. The summed E-state index contributed by atoms with van der Waals surface area (Å²) in [5.74, 6) is -0.725. The van der Waals surface area contributed by atoms with Crippen molar-refractivity contribution in [2.45, 2.75) is 6.18 Å². The van der Waals surface area contributed by atoms with E-state index in [1.807, 2.05) is 0 Å². The van der Waals surface area contributed by atoms with Crippen LogP contribution in [0.5, 0.6) is 11.6 Å². The summed E-state index contributed by atoms with van der Waals surface area (Å²) in [5, 5.41) is -0.351. The van der Waals surface area contributed by atoms with Gasteiger partial charge >= 0.3 is 6.18 Å². The summed E-state index contributed by atoms with van der Waals surface area (Å²) in [5.41, 5.74) is -0.978. The predicted octanol–water partition coefficient (Wildman–Crippen LogP) is 5.45. The van der Waals surface area contributed by atoms with Crippen molar-refractivity contribution in [3.8, 4) is 11.6 Å². The zero-order valence-electron chi connectivity index (χ0n) is 9.51. The molecule has 2 aromatic rings. The van der Waals surface area contributed by atoms with Crippen LogP contribution in [0.3, 0.4) is 0 Å². The number of pyridine rings is 1. The van der Waals surface area contributed by atoms with Crippen LogP contribution in [0.2, 0.25) is 5.15 Å². The average Bonchev–Trinajstić information content (AvgIpc) is 2.32. The maximum atomic E-state index is 13.0. The van der Waals surface area contributed by atoms with Crippen molar-refractivity contribution in [3.63, 3.8) is 0 Å². The molecule has 0 aliphatic heterocycles. The smallest absolute Gasteiger partial charge is 0.416 e. The molecular formula is C12H5BrClF4NO. The van der Waals surface area contributed by atoms with E-state index in [2.05, 4.69) is 20.9 Å². The Morgan fingerprint density at radius 3 is 2.45 bits per heavy atom. The molecule has 0 saturated heterocycles. The third kappa shape index (κ3) is 3.61. The summed E-state index contributed by atoms with van der Waals surface area (Å²) in [6.45, 7) is 0. The predicted molar refractivity (Wildman–Crippen MR) is 68.4 cm³/mol. The zero-order valence-corrected chi connectivity index (χ0v) is 11.9. The molecule has 0 bridgehead atoms. The molecule has 0 fully saturated rings. The van der Waals surface area contributed by atoms with E-state index in [0.717, 1.165) is 6.07 Å². The minimum atomic E-state index is -4.56. The molecule has 0 radical (unpaired) electrons. The van der Waals surface area contributed by atoms with Crippen LogP contribution in [-0.4, -0.2) is 4.98 Å². The molecule has 1 aromatic carbocycles. The first-order chi connectivity index (χ1) is 9.25. The lowest BCUT2D eigenvalue weighted by molar-refractivity contribution is -0.137. The number of hydrogen-bond donors (Lipinski definition) is 0. The van der Waals surface area contributed by atoms with E-state index in [4.69, 9.17) is 16.3 Å². The Hall–Kier alpha value is -1.34. The van der Waals surface area contributed by atoms with Gasteiger partial charge in [-0.2, -0.15) is 13.2 Å². The van der Waals surface area contributed by atoms with E-state index < -0.39 is 17.6 Å². The molecule has 2 rings (SSSR count). The molecule has 8 heteroatoms. The Labute approximate surface area is 124 Å². The van der Waals surface area contributed by atoms with Crippen molar-refractivity contribution in [1.29, 1.82) is 0 Å². The fourth-order valence-corrected chi connectivity index (χ4v) is 1.91. The summed E-state index contributed by atoms with van der Waals surface area (Å²) in [7, 11) is 0. The number of alkyl halides is 3. The summed E-state index contributed by atoms with van der Waals surface area (Å²) < 4.78 is 56.1. The monoisotopic (exact) mass is 369 g/mol. The maximum absolute atomic E-state index is 13.0. The fraction of sp³-hybridized carbons (Fsp3) is 0.0833. The Bertz CT molecular complexity index is 648. The van der Waals surface area contributed by atoms with Gasteiger partial charge in [-0.05, 0) is 40.2 Å². The minimum absolute atomic E-state index is 0.119. The van der Waals surface area contributed by atoms with Crippen LogP contribution in [0, 0.1) is 5.82 Å². The third-order valence-electron chi connectivity index (χ3n) is 2.21. The lowest BCUT2D eigenvalue weighted by Gasteiger charge is -2.10. The van der Waals surface area contributed by atoms with Crippen molar-refractivity contribution in [1.82, 2.24) is 4.98 Å². The summed E-state index contributed by atoms with van der Waals surface area (Å²) in [6.07, 6.45) is -4.56. The molecule has 0 aliphatic rings. The van der Waals surface area contributed by atoms with E-state index in [1.165, 1.54) is 12.1 Å². The van der Waals surface area contributed by atoms with Gasteiger partial charge in [0.05, 0.1) is 10.0 Å². The molecule has 0 spiro atoms. The highest BCUT2D eigenvalue weighted by atomic mass is 79.9. The van der Waals surface area contributed by atoms with Crippen LogP contribution < -0.4 is 4.74 Å². The number of aromatic nitrogens is 1. The molecule has 0 amide bonds. The van der Waals surface area contributed by atoms with Gasteiger partial charge in [0, 0.05) is 6.07 Å². The third-order valence-corrected chi connectivity index (χ3v) is 3.01. The van der Waals surface area contributed by atoms with Gasteiger partial charge in [-0.3, -0.25) is 0 Å². The first kappa shape index (κ1) is 15.1. The number of benzene rings is 1. The number of rotatable bonds is 2. The van der Waals surface area contributed by atoms with Gasteiger partial charge in [0.15, 0.2) is 0 Å². The standard InChI is InChI=1S/C12H5BrClF4NO/c13-8-5-7(1-2-9(8)15)20-11-4-6(12(16,17)18)3-10(14)19-11/h1-5H. The molecule has 2 nitrogen and oxygen atoms in total. The summed E-state index contributed by atoms with van der Waals surface area (Å²) in [6, 6.07) is 5.04. The molecule has 20 heavy (non-hydrogen) atoms. The highest BCUT2D eigenvalue weighted by molar-refractivity contribution is 9.10. The van der Waals surface area contributed by atoms with Crippen LogP contribution in [0.4, 0.5) is 17.6 Å². The van der Waals surface area contributed by atoms with Crippen molar-refractivity contribution in [2.24, 2.45) is 0 Å². The average molecular weight is 371 g/mol. The van der Waals surface area contributed by atoms with Crippen molar-refractivity contribution in [3.05, 3.63) is 51.3 Å². The van der Waals surface area contributed by atoms with Gasteiger partial charge in [0.1, 0.15) is 16.7 Å². The second-order valence-electron chi connectivity index (χ2n) is 3.69. The summed E-state index contributed by atoms with van der Waals surface area (Å²) >= 11 is 8.46. The Balaban J connectivity index is 2.33. The van der Waals surface area contributed by atoms with Crippen LogP contribution in [-0.2, 0) is 6.18 Å². The van der Waals surface area contributed by atoms with Crippen LogP contribution in [0.15, 0.2) is 34.8 Å². The first-order valence-electron chi connectivity index (χ1n) is 5.13. The van der Waals surface area contributed by atoms with Gasteiger partial charge in [-0.25, -0.2) is 9.37 Å². The Morgan fingerprint density at radius 2 is 1.85 bits per heavy atom. The number of hydrogen-bond acceptors (Lipinski definition) is 2. The number of nitrogens with zero attached hydrogens (tertiary/aromatic N) is 1. The van der Waals surface area contributed by atoms with E-state index in [9.17, 15) is 17.6 Å². The highest BCUT2D eigenvalue weighted by Gasteiger charge is 2.31. The molecular weight excluding hydrogens is 365 g/mol. The zero-order chi connectivity index (χ0) is 14.9. The van der Waals surface area contributed by atoms with E-state index in [1.54, 1.807) is 0 Å². The van der Waals surface area contributed by atoms with Crippen molar-refractivity contribution >= 4 is 27.5 Å². The lowest BCUT2D eigenvalue weighted by Crippen LogP contribution is -2.05. The molecule has 1 heterocycles. The lowest BCUT2D eigenvalue weighted by atomic mass is 10.2. The molecule has 0 saturated carbocycles. The van der Waals surface area contributed by atoms with Crippen LogP contribution in [0.1, 0.15) is 5.56 Å². The molecule has 106 valence electrons. The van der Waals surface area contributed by atoms with Crippen molar-refractivity contribution in [2.75, 3.05) is 0 Å². The van der Waals surface area contributed by atoms with Gasteiger partial charge < -0.3 is 4.74 Å². The SMILES string of the molecule is Fc1ccc(Oc2cc(C(F)(F)F)cc(Cl)n2)cc1Br. The van der Waals surface area contributed by atoms with E-state index in [0.29, 0.717) is 12.1 Å². The molecule has 0 N–H and O–H groups in total. The summed E-state index contributed by atoms with van der Waals surface area (Å²) in [4.78, 5) is 3.63. The Kier molecular flexibility index (Phi) is 4.19. The van der Waals surface area contributed by atoms with E-state index in [-0.39, 0.29) is 21.3 Å². The molecule has 1 aromatic heterocycles. The molecule has 0 unspecified atom stereocenters. The molecule has 0 atom stereocenters. The van der Waals surface area contributed by atoms with Gasteiger partial charge in [0.25, 0.3) is 0 Å². The second-order valence-corrected chi connectivity index (χ2v) is 4.93. The van der Waals surface area contributed by atoms with E-state index >= 15 is 0 Å². The normalized spacial score (nSPS) is 11.5. The van der Waals surface area contributed by atoms with Gasteiger partial charge in [0.2, 0.25) is 5.88 Å². The highest BCUT2D eigenvalue weighted by Crippen LogP contribution is 2.34. The second kappa shape index (κ2) is 5.57. The largest absolute Gasteiger partial charge is 0.439 e. The van der Waals surface area contributed by atoms with Gasteiger partial charge in [-0.15, -0.1) is 0 Å². The fourth-order valence-electron chi connectivity index (χ4n) is 1.35. The number of halogens is 6. The Morgan fingerprint density at radius 1 is 1.15 bits per heavy atom. The maximum Gasteiger partial charge on any atom is 0.416 e. The van der Waals surface area contributed by atoms with Gasteiger partial charge in [-0.1, -0.05) is 11.6 Å². The molecule has 0 aliphatic carbocycles. The number of ether oxygens (including phenoxy) is 1. The van der Waals surface area contributed by atoms with Crippen molar-refractivity contribution < 1.29 is 22.3 Å². The van der Waals surface area contributed by atoms with Crippen LogP contribution in [0.25, 0.3) is 0 Å². The quantitative estimate of drug-likeness (QED) is 0.518. The topological polar surface area (TPSA) is 22.1 Å². The first-order valence-corrected chi connectivity index (χ1v) is 6.30. The van der Waals surface area contributed by atoms with Crippen LogP contribution >= 0.6 is 27.5 Å².